The molecule has 0 aromatic heterocycles. The van der Waals surface area contributed by atoms with Crippen LogP contribution in [-0.4, -0.2) is 23.8 Å². The number of rotatable bonds is 3. The molecule has 0 amide bonds. The third kappa shape index (κ3) is 1.54. The van der Waals surface area contributed by atoms with Crippen LogP contribution < -0.4 is 0 Å². The number of ether oxygens (including phenoxy) is 1. The molecule has 0 bridgehead atoms. The predicted molar refractivity (Wildman–Crippen MR) is 52.0 cm³/mol. The molecule has 80 valence electrons. The van der Waals surface area contributed by atoms with Gasteiger partial charge in [-0.3, -0.25) is 4.79 Å². The monoisotopic (exact) mass is 198 g/mol. The van der Waals surface area contributed by atoms with E-state index in [1.54, 1.807) is 0 Å². The van der Waals surface area contributed by atoms with Crippen molar-refractivity contribution in [3.05, 3.63) is 0 Å². The number of hydrogen-bond donors (Lipinski definition) is 1. The minimum Gasteiger partial charge on any atom is -0.481 e. The van der Waals surface area contributed by atoms with E-state index < -0.39 is 5.97 Å². The van der Waals surface area contributed by atoms with Gasteiger partial charge in [0.1, 0.15) is 0 Å². The van der Waals surface area contributed by atoms with Crippen LogP contribution in [0.25, 0.3) is 0 Å². The summed E-state index contributed by atoms with van der Waals surface area (Å²) in [5, 5.41) is 9.04. The van der Waals surface area contributed by atoms with Gasteiger partial charge in [-0.15, -0.1) is 0 Å². The quantitative estimate of drug-likeness (QED) is 0.753. The maximum Gasteiger partial charge on any atom is 0.306 e. The highest BCUT2D eigenvalue weighted by atomic mass is 16.5. The van der Waals surface area contributed by atoms with E-state index in [1.807, 2.05) is 6.92 Å². The van der Waals surface area contributed by atoms with Gasteiger partial charge >= 0.3 is 5.97 Å². The first-order chi connectivity index (χ1) is 6.74. The van der Waals surface area contributed by atoms with E-state index in [9.17, 15) is 4.79 Å². The Kier molecular flexibility index (Phi) is 2.77. The smallest absolute Gasteiger partial charge is 0.306 e. The Morgan fingerprint density at radius 1 is 1.29 bits per heavy atom. The van der Waals surface area contributed by atoms with Gasteiger partial charge in [-0.2, -0.15) is 0 Å². The summed E-state index contributed by atoms with van der Waals surface area (Å²) in [5.74, 6) is 0.222. The van der Waals surface area contributed by atoms with Crippen LogP contribution in [0.2, 0.25) is 0 Å². The van der Waals surface area contributed by atoms with Crippen molar-refractivity contribution in [3.8, 4) is 0 Å². The van der Waals surface area contributed by atoms with Crippen molar-refractivity contribution in [2.45, 2.75) is 38.7 Å². The average molecular weight is 198 g/mol. The second kappa shape index (κ2) is 3.89. The van der Waals surface area contributed by atoms with Crippen molar-refractivity contribution in [1.82, 2.24) is 0 Å². The third-order valence-corrected chi connectivity index (χ3v) is 3.84. The molecule has 0 unspecified atom stereocenters. The van der Waals surface area contributed by atoms with Gasteiger partial charge in [0.15, 0.2) is 0 Å². The zero-order valence-electron chi connectivity index (χ0n) is 8.61. The maximum absolute atomic E-state index is 11.0. The molecule has 0 radical (unpaired) electrons. The van der Waals surface area contributed by atoms with Crippen LogP contribution in [0.3, 0.4) is 0 Å². The van der Waals surface area contributed by atoms with Crippen molar-refractivity contribution in [2.75, 3.05) is 6.61 Å². The van der Waals surface area contributed by atoms with E-state index in [0.717, 1.165) is 32.3 Å². The van der Waals surface area contributed by atoms with Gasteiger partial charge in [-0.05, 0) is 44.4 Å². The Balaban J connectivity index is 2.00. The lowest BCUT2D eigenvalue weighted by Gasteiger charge is -2.18. The topological polar surface area (TPSA) is 46.5 Å². The first-order valence-corrected chi connectivity index (χ1v) is 5.58. The lowest BCUT2D eigenvalue weighted by Crippen LogP contribution is -2.22. The fourth-order valence-corrected chi connectivity index (χ4v) is 3.27. The zero-order valence-corrected chi connectivity index (χ0v) is 8.61. The van der Waals surface area contributed by atoms with E-state index in [4.69, 9.17) is 9.84 Å². The number of fused-ring (bicyclic) bond motifs is 1. The van der Waals surface area contributed by atoms with Crippen LogP contribution in [-0.2, 0) is 9.53 Å². The molecule has 0 saturated heterocycles. The number of aliphatic carboxylic acids is 1. The number of carboxylic acid groups (broad SMARTS) is 1. The summed E-state index contributed by atoms with van der Waals surface area (Å²) in [5.41, 5.74) is 0. The Morgan fingerprint density at radius 3 is 2.64 bits per heavy atom. The molecular formula is C11H18O3. The maximum atomic E-state index is 11.0. The van der Waals surface area contributed by atoms with Gasteiger partial charge in [0, 0.05) is 6.61 Å². The van der Waals surface area contributed by atoms with Crippen molar-refractivity contribution in [3.63, 3.8) is 0 Å². The van der Waals surface area contributed by atoms with Gasteiger partial charge in [0.2, 0.25) is 0 Å². The molecule has 0 heterocycles. The van der Waals surface area contributed by atoms with Crippen molar-refractivity contribution in [1.29, 1.82) is 0 Å². The number of carboxylic acids is 1. The molecule has 0 spiro atoms. The molecule has 0 aromatic carbocycles. The van der Waals surface area contributed by atoms with E-state index in [-0.39, 0.29) is 5.92 Å². The number of hydrogen-bond acceptors (Lipinski definition) is 2. The summed E-state index contributed by atoms with van der Waals surface area (Å²) < 4.78 is 5.65. The Morgan fingerprint density at radius 2 is 2.00 bits per heavy atom. The minimum atomic E-state index is -0.602. The normalized spacial score (nSPS) is 41.2. The fourth-order valence-electron chi connectivity index (χ4n) is 3.27. The lowest BCUT2D eigenvalue weighted by molar-refractivity contribution is -0.143. The molecule has 2 rings (SSSR count). The Labute approximate surface area is 84.4 Å². The van der Waals surface area contributed by atoms with Crippen LogP contribution in [0, 0.1) is 17.8 Å². The molecule has 3 nitrogen and oxygen atoms in total. The van der Waals surface area contributed by atoms with Crippen molar-refractivity contribution < 1.29 is 14.6 Å². The highest BCUT2D eigenvalue weighted by molar-refractivity contribution is 5.70. The molecular weight excluding hydrogens is 180 g/mol. The first kappa shape index (κ1) is 9.97. The van der Waals surface area contributed by atoms with Crippen molar-refractivity contribution >= 4 is 5.97 Å². The van der Waals surface area contributed by atoms with Gasteiger partial charge < -0.3 is 9.84 Å². The lowest BCUT2D eigenvalue weighted by atomic mass is 9.92. The van der Waals surface area contributed by atoms with Gasteiger partial charge in [0.05, 0.1) is 12.0 Å². The molecule has 2 fully saturated rings. The van der Waals surface area contributed by atoms with E-state index in [0.29, 0.717) is 17.9 Å². The molecule has 2 aliphatic rings. The largest absolute Gasteiger partial charge is 0.481 e. The van der Waals surface area contributed by atoms with Crippen LogP contribution >= 0.6 is 0 Å². The Bertz CT molecular complexity index is 227. The highest BCUT2D eigenvalue weighted by Gasteiger charge is 2.47. The fraction of sp³-hybridized carbons (Fsp3) is 0.909. The molecule has 0 aromatic rings. The Hall–Kier alpha value is -0.570. The average Bonchev–Trinajstić information content (AvgIpc) is 2.67. The molecule has 1 N–H and O–H groups in total. The summed E-state index contributed by atoms with van der Waals surface area (Å²) in [6.45, 7) is 2.77. The van der Waals surface area contributed by atoms with E-state index in [2.05, 4.69) is 0 Å². The second-order valence-corrected chi connectivity index (χ2v) is 4.42. The summed E-state index contributed by atoms with van der Waals surface area (Å²) in [6, 6.07) is 0. The van der Waals surface area contributed by atoms with Crippen LogP contribution in [0.1, 0.15) is 32.6 Å². The predicted octanol–water partition coefficient (Wildman–Crippen LogP) is 1.91. The van der Waals surface area contributed by atoms with Crippen LogP contribution in [0.5, 0.6) is 0 Å². The minimum absolute atomic E-state index is 0.0922. The summed E-state index contributed by atoms with van der Waals surface area (Å²) in [6.07, 6.45) is 4.36. The van der Waals surface area contributed by atoms with Gasteiger partial charge in [-0.25, -0.2) is 0 Å². The summed E-state index contributed by atoms with van der Waals surface area (Å²) in [7, 11) is 0. The molecule has 4 atom stereocenters. The SMILES string of the molecule is CCO[C@@H]1CC[C@@H]2[C@H]1CC[C@@H]2C(=O)O. The first-order valence-electron chi connectivity index (χ1n) is 5.58. The van der Waals surface area contributed by atoms with E-state index >= 15 is 0 Å². The standard InChI is InChI=1S/C11H18O3/c1-2-14-10-6-5-7-8(10)3-4-9(7)11(12)13/h7-10H,2-6H2,1H3,(H,12,13)/t7-,8-,9+,10-/m1/s1. The molecule has 0 aliphatic heterocycles. The van der Waals surface area contributed by atoms with E-state index in [1.165, 1.54) is 0 Å². The van der Waals surface area contributed by atoms with Crippen molar-refractivity contribution in [2.24, 2.45) is 17.8 Å². The molecule has 2 saturated carbocycles. The highest BCUT2D eigenvalue weighted by Crippen LogP contribution is 2.48. The third-order valence-electron chi connectivity index (χ3n) is 3.84. The molecule has 3 heteroatoms. The van der Waals surface area contributed by atoms with Gasteiger partial charge in [-0.1, -0.05) is 0 Å². The summed E-state index contributed by atoms with van der Waals surface area (Å²) in [4.78, 5) is 11.0. The summed E-state index contributed by atoms with van der Waals surface area (Å²) >= 11 is 0. The second-order valence-electron chi connectivity index (χ2n) is 4.42. The van der Waals surface area contributed by atoms with Crippen LogP contribution in [0.4, 0.5) is 0 Å². The zero-order chi connectivity index (χ0) is 10.1. The van der Waals surface area contributed by atoms with Crippen LogP contribution in [0.15, 0.2) is 0 Å². The van der Waals surface area contributed by atoms with Gasteiger partial charge in [0.25, 0.3) is 0 Å². The molecule has 14 heavy (non-hydrogen) atoms. The number of carbonyl (C=O) groups is 1. The molecule has 2 aliphatic carbocycles.